The third-order valence-electron chi connectivity index (χ3n) is 3.52. The van der Waals surface area contributed by atoms with Gasteiger partial charge in [-0.2, -0.15) is 10.2 Å². The van der Waals surface area contributed by atoms with Crippen molar-refractivity contribution in [3.8, 4) is 0 Å². The first kappa shape index (κ1) is 15.0. The van der Waals surface area contributed by atoms with Crippen LogP contribution in [0.1, 0.15) is 30.8 Å². The molecular formula is C15H21N5O. The summed E-state index contributed by atoms with van der Waals surface area (Å²) in [6, 6.07) is 0. The molecule has 0 spiro atoms. The van der Waals surface area contributed by atoms with Crippen LogP contribution in [0.5, 0.6) is 0 Å². The lowest BCUT2D eigenvalue weighted by Crippen LogP contribution is -2.09. The molecule has 0 bridgehead atoms. The molecular weight excluding hydrogens is 266 g/mol. The fraction of sp³-hybridized carbons (Fsp3) is 0.400. The zero-order valence-corrected chi connectivity index (χ0v) is 12.9. The van der Waals surface area contributed by atoms with Crippen molar-refractivity contribution >= 4 is 17.7 Å². The molecule has 1 amide bonds. The van der Waals surface area contributed by atoms with Crippen LogP contribution in [0.3, 0.4) is 0 Å². The number of amides is 1. The van der Waals surface area contributed by atoms with Crippen LogP contribution in [0.15, 0.2) is 18.5 Å². The Kier molecular flexibility index (Phi) is 4.57. The Morgan fingerprint density at radius 3 is 2.33 bits per heavy atom. The van der Waals surface area contributed by atoms with E-state index in [9.17, 15) is 4.79 Å². The van der Waals surface area contributed by atoms with Gasteiger partial charge in [-0.3, -0.25) is 14.2 Å². The van der Waals surface area contributed by atoms with Crippen LogP contribution in [0.25, 0.3) is 6.08 Å². The highest BCUT2D eigenvalue weighted by Crippen LogP contribution is 2.14. The van der Waals surface area contributed by atoms with Gasteiger partial charge in [0, 0.05) is 30.4 Å². The fourth-order valence-corrected chi connectivity index (χ4v) is 2.17. The van der Waals surface area contributed by atoms with Crippen LogP contribution in [-0.4, -0.2) is 25.5 Å². The summed E-state index contributed by atoms with van der Waals surface area (Å²) in [4.78, 5) is 12.0. The largest absolute Gasteiger partial charge is 0.320 e. The number of rotatable bonds is 5. The second-order valence-corrected chi connectivity index (χ2v) is 4.78. The minimum Gasteiger partial charge on any atom is -0.320 e. The maximum atomic E-state index is 12.0. The van der Waals surface area contributed by atoms with E-state index >= 15 is 0 Å². The van der Waals surface area contributed by atoms with Gasteiger partial charge >= 0.3 is 0 Å². The smallest absolute Gasteiger partial charge is 0.248 e. The predicted molar refractivity (Wildman–Crippen MR) is 82.9 cm³/mol. The molecule has 0 radical (unpaired) electrons. The van der Waals surface area contributed by atoms with Crippen molar-refractivity contribution in [1.82, 2.24) is 19.6 Å². The van der Waals surface area contributed by atoms with Gasteiger partial charge in [-0.1, -0.05) is 0 Å². The van der Waals surface area contributed by atoms with E-state index in [4.69, 9.17) is 0 Å². The summed E-state index contributed by atoms with van der Waals surface area (Å²) in [5.74, 6) is -0.169. The number of nitrogens with zero attached hydrogens (tertiary/aromatic N) is 4. The fourth-order valence-electron chi connectivity index (χ4n) is 2.17. The van der Waals surface area contributed by atoms with Crippen molar-refractivity contribution in [1.29, 1.82) is 0 Å². The lowest BCUT2D eigenvalue weighted by Gasteiger charge is -2.02. The quantitative estimate of drug-likeness (QED) is 0.859. The molecule has 21 heavy (non-hydrogen) atoms. The average molecular weight is 287 g/mol. The maximum Gasteiger partial charge on any atom is 0.248 e. The Hall–Kier alpha value is -2.37. The zero-order valence-electron chi connectivity index (χ0n) is 12.9. The molecule has 6 nitrogen and oxygen atoms in total. The molecule has 2 heterocycles. The average Bonchev–Trinajstić information content (AvgIpc) is 3.00. The Morgan fingerprint density at radius 1 is 1.14 bits per heavy atom. The first-order valence-electron chi connectivity index (χ1n) is 7.10. The number of hydrogen-bond acceptors (Lipinski definition) is 3. The molecule has 0 fully saturated rings. The molecule has 0 saturated carbocycles. The summed E-state index contributed by atoms with van der Waals surface area (Å²) in [7, 11) is 0. The van der Waals surface area contributed by atoms with Gasteiger partial charge < -0.3 is 5.32 Å². The van der Waals surface area contributed by atoms with Crippen LogP contribution < -0.4 is 5.32 Å². The van der Waals surface area contributed by atoms with Gasteiger partial charge in [-0.15, -0.1) is 0 Å². The Balaban J connectivity index is 2.05. The summed E-state index contributed by atoms with van der Waals surface area (Å²) in [5, 5.41) is 11.3. The second-order valence-electron chi connectivity index (χ2n) is 4.78. The highest BCUT2D eigenvalue weighted by Gasteiger charge is 2.07. The SMILES string of the molecule is CCn1ncc(/C=C/C(=O)Nc2cnn(CC)c2C)c1C. The first-order valence-corrected chi connectivity index (χ1v) is 7.10. The summed E-state index contributed by atoms with van der Waals surface area (Å²) in [6.07, 6.45) is 6.74. The molecule has 2 aromatic rings. The third-order valence-corrected chi connectivity index (χ3v) is 3.52. The second kappa shape index (κ2) is 6.39. The van der Waals surface area contributed by atoms with E-state index in [1.807, 2.05) is 37.1 Å². The van der Waals surface area contributed by atoms with Crippen LogP contribution >= 0.6 is 0 Å². The van der Waals surface area contributed by atoms with E-state index in [0.717, 1.165) is 35.7 Å². The van der Waals surface area contributed by atoms with Gasteiger partial charge in [0.15, 0.2) is 0 Å². The first-order chi connectivity index (χ1) is 10.1. The highest BCUT2D eigenvalue weighted by atomic mass is 16.1. The van der Waals surface area contributed by atoms with E-state index in [-0.39, 0.29) is 5.91 Å². The number of aromatic nitrogens is 4. The zero-order chi connectivity index (χ0) is 15.4. The van der Waals surface area contributed by atoms with Gasteiger partial charge in [0.2, 0.25) is 5.91 Å². The molecule has 0 saturated heterocycles. The number of hydrogen-bond donors (Lipinski definition) is 1. The van der Waals surface area contributed by atoms with Crippen LogP contribution in [0.4, 0.5) is 5.69 Å². The maximum absolute atomic E-state index is 12.0. The van der Waals surface area contributed by atoms with E-state index in [1.54, 1.807) is 18.5 Å². The predicted octanol–water partition coefficient (Wildman–Crippen LogP) is 2.39. The lowest BCUT2D eigenvalue weighted by molar-refractivity contribution is -0.111. The molecule has 0 aliphatic heterocycles. The number of anilines is 1. The van der Waals surface area contributed by atoms with Crippen molar-refractivity contribution in [3.05, 3.63) is 35.4 Å². The monoisotopic (exact) mass is 287 g/mol. The molecule has 112 valence electrons. The van der Waals surface area contributed by atoms with Crippen LogP contribution in [-0.2, 0) is 17.9 Å². The van der Waals surface area contributed by atoms with E-state index in [1.165, 1.54) is 6.08 Å². The molecule has 0 atom stereocenters. The third kappa shape index (κ3) is 3.21. The Morgan fingerprint density at radius 2 is 1.76 bits per heavy atom. The number of nitrogens with one attached hydrogen (secondary N) is 1. The molecule has 6 heteroatoms. The van der Waals surface area contributed by atoms with Gasteiger partial charge in [0.25, 0.3) is 0 Å². The minimum absolute atomic E-state index is 0.169. The van der Waals surface area contributed by atoms with Crippen molar-refractivity contribution in [3.63, 3.8) is 0 Å². The van der Waals surface area contributed by atoms with Crippen molar-refractivity contribution < 1.29 is 4.79 Å². The minimum atomic E-state index is -0.169. The van der Waals surface area contributed by atoms with E-state index in [2.05, 4.69) is 15.5 Å². The van der Waals surface area contributed by atoms with Crippen molar-refractivity contribution in [2.75, 3.05) is 5.32 Å². The van der Waals surface area contributed by atoms with Gasteiger partial charge in [0.05, 0.1) is 23.8 Å². The number of carbonyl (C=O) groups excluding carboxylic acids is 1. The number of carbonyl (C=O) groups is 1. The Labute approximate surface area is 124 Å². The summed E-state index contributed by atoms with van der Waals surface area (Å²) in [5.41, 5.74) is 3.70. The molecule has 0 unspecified atom stereocenters. The highest BCUT2D eigenvalue weighted by molar-refractivity contribution is 6.02. The lowest BCUT2D eigenvalue weighted by atomic mass is 10.2. The van der Waals surface area contributed by atoms with Crippen molar-refractivity contribution in [2.45, 2.75) is 40.8 Å². The molecule has 0 aliphatic rings. The van der Waals surface area contributed by atoms with Gasteiger partial charge in [-0.25, -0.2) is 0 Å². The topological polar surface area (TPSA) is 64.7 Å². The number of aryl methyl sites for hydroxylation is 2. The molecule has 2 aromatic heterocycles. The Bertz CT molecular complexity index is 666. The van der Waals surface area contributed by atoms with Crippen LogP contribution in [0.2, 0.25) is 0 Å². The standard InChI is InChI=1S/C15H21N5O/c1-5-19-11(3)13(9-16-19)7-8-15(21)18-14-10-17-20(6-2)12(14)4/h7-10H,5-6H2,1-4H3,(H,18,21)/b8-7+. The van der Waals surface area contributed by atoms with Crippen molar-refractivity contribution in [2.24, 2.45) is 0 Å². The van der Waals surface area contributed by atoms with Gasteiger partial charge in [0.1, 0.15) is 0 Å². The van der Waals surface area contributed by atoms with Crippen LogP contribution in [0, 0.1) is 13.8 Å². The summed E-state index contributed by atoms with van der Waals surface area (Å²) < 4.78 is 3.74. The summed E-state index contributed by atoms with van der Waals surface area (Å²) >= 11 is 0. The normalized spacial score (nSPS) is 11.2. The van der Waals surface area contributed by atoms with E-state index < -0.39 is 0 Å². The summed E-state index contributed by atoms with van der Waals surface area (Å²) in [6.45, 7) is 9.58. The molecule has 0 aromatic carbocycles. The van der Waals surface area contributed by atoms with Gasteiger partial charge in [-0.05, 0) is 33.8 Å². The van der Waals surface area contributed by atoms with E-state index in [0.29, 0.717) is 0 Å². The molecule has 2 rings (SSSR count). The molecule has 0 aliphatic carbocycles. The molecule has 1 N–H and O–H groups in total.